The number of nitrogens with zero attached hydrogens (tertiary/aromatic N) is 2. The van der Waals surface area contributed by atoms with E-state index >= 15 is 0 Å². The molecular formula is C21H23N3O3. The fourth-order valence-electron chi connectivity index (χ4n) is 2.99. The van der Waals surface area contributed by atoms with Crippen LogP contribution in [0.3, 0.4) is 0 Å². The van der Waals surface area contributed by atoms with E-state index in [9.17, 15) is 14.9 Å². The van der Waals surface area contributed by atoms with Crippen LogP contribution in [-0.4, -0.2) is 27.6 Å². The first-order chi connectivity index (χ1) is 12.6. The lowest BCUT2D eigenvalue weighted by atomic mass is 10.1. The number of aromatic carboxylic acids is 1. The molecule has 140 valence electrons. The van der Waals surface area contributed by atoms with E-state index < -0.39 is 11.9 Å². The van der Waals surface area contributed by atoms with Crippen molar-refractivity contribution in [3.05, 3.63) is 57.9 Å². The minimum Gasteiger partial charge on any atom is -0.478 e. The molecule has 0 fully saturated rings. The molecule has 27 heavy (non-hydrogen) atoms. The molecule has 6 nitrogen and oxygen atoms in total. The zero-order chi connectivity index (χ0) is 20.3. The zero-order valence-corrected chi connectivity index (χ0v) is 16.1. The molecule has 1 aromatic heterocycles. The number of hydrogen-bond acceptors (Lipinski definition) is 3. The second-order valence-corrected chi connectivity index (χ2v) is 6.77. The summed E-state index contributed by atoms with van der Waals surface area (Å²) in [4.78, 5) is 23.3. The van der Waals surface area contributed by atoms with Gasteiger partial charge in [-0.1, -0.05) is 0 Å². The molecule has 0 saturated carbocycles. The van der Waals surface area contributed by atoms with Crippen LogP contribution in [0.4, 0.5) is 0 Å². The molecule has 0 aliphatic carbocycles. The molecule has 0 saturated heterocycles. The number of aromatic nitrogens is 1. The lowest BCUT2D eigenvalue weighted by molar-refractivity contribution is -0.117. The van der Waals surface area contributed by atoms with Crippen molar-refractivity contribution < 1.29 is 14.7 Å². The Kier molecular flexibility index (Phi) is 5.86. The fourth-order valence-corrected chi connectivity index (χ4v) is 2.99. The highest BCUT2D eigenvalue weighted by atomic mass is 16.4. The van der Waals surface area contributed by atoms with E-state index in [0.717, 1.165) is 28.2 Å². The highest BCUT2D eigenvalue weighted by Crippen LogP contribution is 2.25. The molecule has 6 heteroatoms. The Morgan fingerprint density at radius 2 is 1.89 bits per heavy atom. The van der Waals surface area contributed by atoms with Gasteiger partial charge in [0.1, 0.15) is 11.6 Å². The van der Waals surface area contributed by atoms with Crippen LogP contribution in [0.25, 0.3) is 11.8 Å². The lowest BCUT2D eigenvalue weighted by Gasteiger charge is -2.13. The van der Waals surface area contributed by atoms with E-state index in [1.165, 1.54) is 0 Å². The van der Waals surface area contributed by atoms with E-state index in [0.29, 0.717) is 0 Å². The van der Waals surface area contributed by atoms with Crippen LogP contribution in [-0.2, 0) is 4.79 Å². The Bertz CT molecular complexity index is 975. The average Bonchev–Trinajstić information content (AvgIpc) is 2.85. The van der Waals surface area contributed by atoms with Crippen LogP contribution in [0.15, 0.2) is 29.8 Å². The molecular weight excluding hydrogens is 342 g/mol. The van der Waals surface area contributed by atoms with Crippen molar-refractivity contribution in [2.24, 2.45) is 0 Å². The van der Waals surface area contributed by atoms with Crippen molar-refractivity contribution in [1.29, 1.82) is 5.26 Å². The molecule has 2 rings (SSSR count). The first-order valence-corrected chi connectivity index (χ1v) is 8.61. The summed E-state index contributed by atoms with van der Waals surface area (Å²) in [6.07, 6.45) is 1.58. The number of nitrogens with one attached hydrogen (secondary N) is 1. The summed E-state index contributed by atoms with van der Waals surface area (Å²) in [7, 11) is 0. The standard InChI is InChI=1S/C21H23N3O3/c1-12(2)23-20(25)18(11-22)10-17-9-14(4)24(15(17)5)19-7-6-16(21(26)27)8-13(19)3/h6-10,12H,1-5H3,(H,23,25)(H,26,27)/b18-10+. The summed E-state index contributed by atoms with van der Waals surface area (Å²) in [5.74, 6) is -1.37. The SMILES string of the molecule is Cc1cc(C(=O)O)ccc1-n1c(C)cc(/C=C(\C#N)C(=O)NC(C)C)c1C. The Balaban J connectivity index is 2.51. The summed E-state index contributed by atoms with van der Waals surface area (Å²) in [6, 6.07) is 8.76. The number of benzene rings is 1. The van der Waals surface area contributed by atoms with Gasteiger partial charge in [-0.05, 0) is 76.1 Å². The van der Waals surface area contributed by atoms with E-state index in [1.807, 2.05) is 51.3 Å². The van der Waals surface area contributed by atoms with E-state index in [-0.39, 0.29) is 17.2 Å². The van der Waals surface area contributed by atoms with E-state index in [4.69, 9.17) is 5.11 Å². The maximum atomic E-state index is 12.2. The average molecular weight is 365 g/mol. The maximum absolute atomic E-state index is 12.2. The van der Waals surface area contributed by atoms with Gasteiger partial charge in [-0.2, -0.15) is 5.26 Å². The van der Waals surface area contributed by atoms with Gasteiger partial charge in [0.2, 0.25) is 0 Å². The van der Waals surface area contributed by atoms with Crippen molar-refractivity contribution in [3.63, 3.8) is 0 Å². The number of aryl methyl sites for hydroxylation is 2. The number of carbonyl (C=O) groups excluding carboxylic acids is 1. The molecule has 0 radical (unpaired) electrons. The van der Waals surface area contributed by atoms with Crippen molar-refractivity contribution in [1.82, 2.24) is 9.88 Å². The van der Waals surface area contributed by atoms with Crippen molar-refractivity contribution in [2.45, 2.75) is 40.7 Å². The third kappa shape index (κ3) is 4.26. The number of carboxylic acids is 1. The molecule has 0 aliphatic heterocycles. The number of hydrogen-bond donors (Lipinski definition) is 2. The lowest BCUT2D eigenvalue weighted by Crippen LogP contribution is -2.30. The molecule has 1 heterocycles. The Morgan fingerprint density at radius 3 is 2.41 bits per heavy atom. The molecule has 0 aliphatic rings. The smallest absolute Gasteiger partial charge is 0.335 e. The summed E-state index contributed by atoms with van der Waals surface area (Å²) in [5, 5.41) is 21.2. The molecule has 1 amide bonds. The van der Waals surface area contributed by atoms with Gasteiger partial charge in [0, 0.05) is 23.1 Å². The predicted molar refractivity (Wildman–Crippen MR) is 104 cm³/mol. The fraction of sp³-hybridized carbons (Fsp3) is 0.286. The third-order valence-electron chi connectivity index (χ3n) is 4.24. The van der Waals surface area contributed by atoms with Gasteiger partial charge in [0.25, 0.3) is 5.91 Å². The molecule has 0 atom stereocenters. The number of rotatable bonds is 5. The normalized spacial score (nSPS) is 11.4. The molecule has 0 bridgehead atoms. The number of amides is 1. The Hall–Kier alpha value is -3.33. The Labute approximate surface area is 158 Å². The molecule has 0 unspecified atom stereocenters. The summed E-state index contributed by atoms with van der Waals surface area (Å²) < 4.78 is 1.99. The second-order valence-electron chi connectivity index (χ2n) is 6.77. The van der Waals surface area contributed by atoms with Crippen LogP contribution in [0.1, 0.15) is 46.7 Å². The van der Waals surface area contributed by atoms with Gasteiger partial charge >= 0.3 is 5.97 Å². The van der Waals surface area contributed by atoms with Crippen molar-refractivity contribution >= 4 is 18.0 Å². The molecule has 2 N–H and O–H groups in total. The predicted octanol–water partition coefficient (Wildman–Crippen LogP) is 3.53. The summed E-state index contributed by atoms with van der Waals surface area (Å²) in [5.41, 5.74) is 4.52. The first-order valence-electron chi connectivity index (χ1n) is 8.61. The van der Waals surface area contributed by atoms with Crippen LogP contribution >= 0.6 is 0 Å². The zero-order valence-electron chi connectivity index (χ0n) is 16.1. The van der Waals surface area contributed by atoms with Crippen molar-refractivity contribution in [2.75, 3.05) is 0 Å². The van der Waals surface area contributed by atoms with Gasteiger partial charge in [0.15, 0.2) is 0 Å². The van der Waals surface area contributed by atoms with E-state index in [1.54, 1.807) is 24.3 Å². The van der Waals surface area contributed by atoms with Gasteiger partial charge in [-0.15, -0.1) is 0 Å². The van der Waals surface area contributed by atoms with Crippen molar-refractivity contribution in [3.8, 4) is 11.8 Å². The monoisotopic (exact) mass is 365 g/mol. The maximum Gasteiger partial charge on any atom is 0.335 e. The minimum absolute atomic E-state index is 0.0434. The van der Waals surface area contributed by atoms with Crippen LogP contribution in [0, 0.1) is 32.1 Å². The Morgan fingerprint density at radius 1 is 1.22 bits per heavy atom. The quantitative estimate of drug-likeness (QED) is 0.626. The highest BCUT2D eigenvalue weighted by molar-refractivity contribution is 6.02. The minimum atomic E-state index is -0.968. The number of carbonyl (C=O) groups is 2. The molecule has 1 aromatic carbocycles. The second kappa shape index (κ2) is 7.92. The molecule has 2 aromatic rings. The highest BCUT2D eigenvalue weighted by Gasteiger charge is 2.16. The van der Waals surface area contributed by atoms with Crippen LogP contribution in [0.2, 0.25) is 0 Å². The van der Waals surface area contributed by atoms with Crippen LogP contribution in [0.5, 0.6) is 0 Å². The first kappa shape index (κ1) is 20.0. The van der Waals surface area contributed by atoms with Gasteiger partial charge < -0.3 is 15.0 Å². The summed E-state index contributed by atoms with van der Waals surface area (Å²) >= 11 is 0. The van der Waals surface area contributed by atoms with Gasteiger partial charge in [-0.25, -0.2) is 4.79 Å². The largest absolute Gasteiger partial charge is 0.478 e. The summed E-state index contributed by atoms with van der Waals surface area (Å²) in [6.45, 7) is 9.35. The van der Waals surface area contributed by atoms with Crippen LogP contribution < -0.4 is 5.32 Å². The number of nitriles is 1. The topological polar surface area (TPSA) is 95.1 Å². The van der Waals surface area contributed by atoms with Gasteiger partial charge in [-0.3, -0.25) is 4.79 Å². The number of carboxylic acid groups (broad SMARTS) is 1. The third-order valence-corrected chi connectivity index (χ3v) is 4.24. The van der Waals surface area contributed by atoms with E-state index in [2.05, 4.69) is 5.32 Å². The molecule has 0 spiro atoms. The van der Waals surface area contributed by atoms with Gasteiger partial charge in [0.05, 0.1) is 5.56 Å².